The fourth-order valence-electron chi connectivity index (χ4n) is 4.57. The first-order valence-corrected chi connectivity index (χ1v) is 11.2. The van der Waals surface area contributed by atoms with Crippen LogP contribution in [0.15, 0.2) is 78.9 Å². The van der Waals surface area contributed by atoms with Crippen molar-refractivity contribution >= 4 is 28.9 Å². The van der Waals surface area contributed by atoms with E-state index in [0.29, 0.717) is 18.2 Å². The monoisotopic (exact) mass is 455 g/mol. The first-order valence-electron chi connectivity index (χ1n) is 11.2. The van der Waals surface area contributed by atoms with Crippen molar-refractivity contribution in [3.8, 4) is 5.75 Å². The largest absolute Gasteiger partial charge is 0.497 e. The molecular weight excluding hydrogens is 430 g/mol. The molecule has 1 aliphatic rings. The number of carbonyl (C=O) groups is 2. The number of benzene rings is 3. The van der Waals surface area contributed by atoms with Gasteiger partial charge in [0.1, 0.15) is 5.75 Å². The molecule has 0 radical (unpaired) electrons. The minimum Gasteiger partial charge on any atom is -0.497 e. The fraction of sp³-hybridized carbons (Fsp3) is 0.222. The summed E-state index contributed by atoms with van der Waals surface area (Å²) in [5.74, 6) is -0.723. The van der Waals surface area contributed by atoms with E-state index in [2.05, 4.69) is 0 Å². The maximum absolute atomic E-state index is 13.9. The van der Waals surface area contributed by atoms with E-state index < -0.39 is 17.9 Å². The second-order valence-electron chi connectivity index (χ2n) is 8.13. The molecule has 2 atom stereocenters. The summed E-state index contributed by atoms with van der Waals surface area (Å²) >= 11 is 0. The number of amides is 1. The van der Waals surface area contributed by atoms with Gasteiger partial charge in [-0.1, -0.05) is 54.6 Å². The highest BCUT2D eigenvalue weighted by atomic mass is 16.5. The molecule has 0 saturated carbocycles. The number of fused-ring (bicyclic) bond motifs is 3. The maximum Gasteiger partial charge on any atom is 0.321 e. The zero-order valence-electron chi connectivity index (χ0n) is 19.0. The Kier molecular flexibility index (Phi) is 5.76. The molecule has 2 heterocycles. The van der Waals surface area contributed by atoms with Gasteiger partial charge in [0.05, 0.1) is 37.3 Å². The summed E-state index contributed by atoms with van der Waals surface area (Å²) in [5, 5.41) is 0. The maximum atomic E-state index is 13.9. The minimum atomic E-state index is -1.05. The number of carbonyl (C=O) groups excluding carboxylic acids is 2. The molecular formula is C27H25N3O4. The molecule has 7 nitrogen and oxygen atoms in total. The van der Waals surface area contributed by atoms with Crippen LogP contribution in [-0.4, -0.2) is 35.1 Å². The Morgan fingerprint density at radius 1 is 0.971 bits per heavy atom. The van der Waals surface area contributed by atoms with Crippen LogP contribution in [-0.2, 0) is 20.9 Å². The molecule has 1 aromatic heterocycles. The van der Waals surface area contributed by atoms with Crippen molar-refractivity contribution < 1.29 is 19.1 Å². The van der Waals surface area contributed by atoms with E-state index in [1.807, 2.05) is 83.4 Å². The van der Waals surface area contributed by atoms with Gasteiger partial charge in [-0.05, 0) is 42.3 Å². The van der Waals surface area contributed by atoms with Crippen LogP contribution < -0.4 is 9.64 Å². The minimum absolute atomic E-state index is 0.189. The van der Waals surface area contributed by atoms with Gasteiger partial charge in [0.25, 0.3) is 0 Å². The number of hydrogen-bond acceptors (Lipinski definition) is 5. The Hall–Kier alpha value is -4.13. The van der Waals surface area contributed by atoms with Crippen LogP contribution in [0.5, 0.6) is 5.75 Å². The van der Waals surface area contributed by atoms with E-state index in [1.54, 1.807) is 18.9 Å². The van der Waals surface area contributed by atoms with Crippen LogP contribution in [0.1, 0.15) is 24.1 Å². The second kappa shape index (κ2) is 9.02. The number of rotatable bonds is 6. The molecule has 5 rings (SSSR count). The highest BCUT2D eigenvalue weighted by molar-refractivity contribution is 6.08. The zero-order valence-corrected chi connectivity index (χ0v) is 19.0. The molecule has 0 spiro atoms. The van der Waals surface area contributed by atoms with Crippen LogP contribution in [0.2, 0.25) is 0 Å². The predicted octanol–water partition coefficient (Wildman–Crippen LogP) is 4.36. The average molecular weight is 456 g/mol. The quantitative estimate of drug-likeness (QED) is 0.319. The average Bonchev–Trinajstić information content (AvgIpc) is 3.25. The topological polar surface area (TPSA) is 73.7 Å². The molecule has 2 unspecified atom stereocenters. The highest BCUT2D eigenvalue weighted by Gasteiger charge is 2.47. The van der Waals surface area contributed by atoms with E-state index in [-0.39, 0.29) is 12.5 Å². The molecule has 4 aromatic rings. The number of para-hydroxylation sites is 2. The first kappa shape index (κ1) is 21.7. The number of nitrogens with zero attached hydrogens (tertiary/aromatic N) is 3. The van der Waals surface area contributed by atoms with Gasteiger partial charge in [0, 0.05) is 0 Å². The third kappa shape index (κ3) is 3.69. The van der Waals surface area contributed by atoms with Crippen molar-refractivity contribution in [1.82, 2.24) is 9.55 Å². The SMILES string of the molecule is CCOC(=O)C1C(=O)N(Cc2ccccc2)c2nc3ccccc3n2C1c1ccc(OC)cc1. The number of methoxy groups -OCH3 is 1. The lowest BCUT2D eigenvalue weighted by atomic mass is 9.89. The van der Waals surface area contributed by atoms with Gasteiger partial charge in [0.2, 0.25) is 11.9 Å². The van der Waals surface area contributed by atoms with E-state index in [4.69, 9.17) is 14.5 Å². The number of ether oxygens (including phenoxy) is 2. The highest BCUT2D eigenvalue weighted by Crippen LogP contribution is 2.42. The second-order valence-corrected chi connectivity index (χ2v) is 8.13. The zero-order chi connectivity index (χ0) is 23.7. The standard InChI is InChI=1S/C27H25N3O4/c1-3-34-26(32)23-24(19-13-15-20(33-2)16-14-19)30-22-12-8-7-11-21(22)28-27(30)29(25(23)31)17-18-9-5-4-6-10-18/h4-16,23-24H,3,17H2,1-2H3. The van der Waals surface area contributed by atoms with Crippen LogP contribution in [0, 0.1) is 5.92 Å². The Morgan fingerprint density at radius 3 is 2.38 bits per heavy atom. The summed E-state index contributed by atoms with van der Waals surface area (Å²) in [7, 11) is 1.60. The van der Waals surface area contributed by atoms with Gasteiger partial charge in [-0.25, -0.2) is 4.98 Å². The molecule has 0 saturated heterocycles. The van der Waals surface area contributed by atoms with Crippen molar-refractivity contribution in [2.45, 2.75) is 19.5 Å². The Morgan fingerprint density at radius 2 is 1.68 bits per heavy atom. The molecule has 1 aliphatic heterocycles. The Bertz CT molecular complexity index is 1330. The van der Waals surface area contributed by atoms with Crippen molar-refractivity contribution in [2.24, 2.45) is 5.92 Å². The molecule has 172 valence electrons. The molecule has 3 aromatic carbocycles. The summed E-state index contributed by atoms with van der Waals surface area (Å²) in [6.45, 7) is 2.23. The Labute approximate surface area is 197 Å². The Balaban J connectivity index is 1.73. The smallest absolute Gasteiger partial charge is 0.321 e. The van der Waals surface area contributed by atoms with Gasteiger partial charge in [0.15, 0.2) is 5.92 Å². The summed E-state index contributed by atoms with van der Waals surface area (Å²) in [6, 6.07) is 24.2. The molecule has 0 N–H and O–H groups in total. The summed E-state index contributed by atoms with van der Waals surface area (Å²) in [4.78, 5) is 33.6. The summed E-state index contributed by atoms with van der Waals surface area (Å²) < 4.78 is 12.7. The lowest BCUT2D eigenvalue weighted by molar-refractivity contribution is -0.153. The number of hydrogen-bond donors (Lipinski definition) is 0. The van der Waals surface area contributed by atoms with Crippen molar-refractivity contribution in [1.29, 1.82) is 0 Å². The fourth-order valence-corrected chi connectivity index (χ4v) is 4.57. The van der Waals surface area contributed by atoms with Crippen LogP contribution in [0.25, 0.3) is 11.0 Å². The van der Waals surface area contributed by atoms with Crippen molar-refractivity contribution in [2.75, 3.05) is 18.6 Å². The lowest BCUT2D eigenvalue weighted by Crippen LogP contribution is -2.49. The molecule has 1 amide bonds. The van der Waals surface area contributed by atoms with E-state index in [9.17, 15) is 9.59 Å². The van der Waals surface area contributed by atoms with Gasteiger partial charge in [-0.3, -0.25) is 14.5 Å². The lowest BCUT2D eigenvalue weighted by Gasteiger charge is -2.38. The molecule has 0 fully saturated rings. The van der Waals surface area contributed by atoms with Gasteiger partial charge < -0.3 is 14.0 Å². The molecule has 0 aliphatic carbocycles. The van der Waals surface area contributed by atoms with E-state index in [0.717, 1.165) is 22.2 Å². The summed E-state index contributed by atoms with van der Waals surface area (Å²) in [6.07, 6.45) is 0. The summed E-state index contributed by atoms with van der Waals surface area (Å²) in [5.41, 5.74) is 3.35. The number of esters is 1. The van der Waals surface area contributed by atoms with Gasteiger partial charge >= 0.3 is 5.97 Å². The van der Waals surface area contributed by atoms with Crippen LogP contribution in [0.3, 0.4) is 0 Å². The predicted molar refractivity (Wildman–Crippen MR) is 129 cm³/mol. The third-order valence-electron chi connectivity index (χ3n) is 6.13. The normalized spacial score (nSPS) is 17.5. The number of aromatic nitrogens is 2. The van der Waals surface area contributed by atoms with Gasteiger partial charge in [-0.2, -0.15) is 0 Å². The molecule has 0 bridgehead atoms. The molecule has 7 heteroatoms. The van der Waals surface area contributed by atoms with E-state index >= 15 is 0 Å². The van der Waals surface area contributed by atoms with Gasteiger partial charge in [-0.15, -0.1) is 0 Å². The third-order valence-corrected chi connectivity index (χ3v) is 6.13. The van der Waals surface area contributed by atoms with Crippen LogP contribution in [0.4, 0.5) is 5.95 Å². The molecule has 34 heavy (non-hydrogen) atoms. The van der Waals surface area contributed by atoms with Crippen LogP contribution >= 0.6 is 0 Å². The first-order chi connectivity index (χ1) is 16.6. The van der Waals surface area contributed by atoms with E-state index in [1.165, 1.54) is 0 Å². The van der Waals surface area contributed by atoms with Crippen molar-refractivity contribution in [3.05, 3.63) is 90.0 Å². The number of anilines is 1. The number of imidazole rings is 1. The van der Waals surface area contributed by atoms with Crippen molar-refractivity contribution in [3.63, 3.8) is 0 Å².